The van der Waals surface area contributed by atoms with Gasteiger partial charge in [0.1, 0.15) is 5.82 Å². The number of benzene rings is 1. The fraction of sp³-hybridized carbons (Fsp3) is 0.133. The highest BCUT2D eigenvalue weighted by molar-refractivity contribution is 7.89. The summed E-state index contributed by atoms with van der Waals surface area (Å²) in [5.74, 6) is 0.0254. The van der Waals surface area contributed by atoms with Crippen LogP contribution in [0, 0.1) is 11.3 Å². The Morgan fingerprint density at radius 1 is 1.17 bits per heavy atom. The van der Waals surface area contributed by atoms with Crippen LogP contribution in [0.5, 0.6) is 0 Å². The molecule has 2 rings (SSSR count). The molecule has 0 aliphatic carbocycles. The molecule has 8 heteroatoms. The van der Waals surface area contributed by atoms with E-state index in [0.29, 0.717) is 11.4 Å². The van der Waals surface area contributed by atoms with Crippen LogP contribution in [0.15, 0.2) is 53.6 Å². The van der Waals surface area contributed by atoms with E-state index in [2.05, 4.69) is 15.0 Å². The maximum absolute atomic E-state index is 12.0. The van der Waals surface area contributed by atoms with Crippen LogP contribution in [0.25, 0.3) is 0 Å². The van der Waals surface area contributed by atoms with Gasteiger partial charge in [0.05, 0.1) is 11.0 Å². The summed E-state index contributed by atoms with van der Waals surface area (Å²) < 4.78 is 26.2. The monoisotopic (exact) mass is 330 g/mol. The summed E-state index contributed by atoms with van der Waals surface area (Å²) in [6, 6.07) is 12.5. The molecule has 2 aromatic rings. The summed E-state index contributed by atoms with van der Waals surface area (Å²) in [6.07, 6.45) is 1.64. The van der Waals surface area contributed by atoms with Crippen molar-refractivity contribution in [1.29, 1.82) is 5.26 Å². The molecular weight excluding hydrogens is 316 g/mol. The minimum Gasteiger partial charge on any atom is -0.307 e. The van der Waals surface area contributed by atoms with Gasteiger partial charge in [-0.05, 0) is 36.4 Å². The van der Waals surface area contributed by atoms with Gasteiger partial charge in [-0.25, -0.2) is 18.1 Å². The van der Waals surface area contributed by atoms with Gasteiger partial charge in [0.25, 0.3) is 5.91 Å². The number of aromatic nitrogens is 1. The Balaban J connectivity index is 2.07. The van der Waals surface area contributed by atoms with Crippen LogP contribution in [0.1, 0.15) is 16.8 Å². The van der Waals surface area contributed by atoms with E-state index in [-0.39, 0.29) is 23.8 Å². The quantitative estimate of drug-likeness (QED) is 0.780. The topological polar surface area (TPSA) is 112 Å². The molecule has 0 bridgehead atoms. The number of sulfonamides is 1. The zero-order chi connectivity index (χ0) is 16.7. The SMILES string of the molecule is N#CCCNS(=O)(=O)c1ccc(C(=O)Nc2ccccn2)cc1. The highest BCUT2D eigenvalue weighted by atomic mass is 32.2. The van der Waals surface area contributed by atoms with Crippen molar-refractivity contribution in [3.8, 4) is 6.07 Å². The Morgan fingerprint density at radius 3 is 2.52 bits per heavy atom. The average molecular weight is 330 g/mol. The van der Waals surface area contributed by atoms with Gasteiger partial charge in [-0.3, -0.25) is 4.79 Å². The first-order valence-electron chi connectivity index (χ1n) is 6.72. The molecule has 2 N–H and O–H groups in total. The number of hydrogen-bond donors (Lipinski definition) is 2. The zero-order valence-corrected chi connectivity index (χ0v) is 12.9. The molecule has 23 heavy (non-hydrogen) atoms. The number of carbonyl (C=O) groups excluding carboxylic acids is 1. The third-order valence-corrected chi connectivity index (χ3v) is 4.34. The molecule has 0 saturated heterocycles. The molecule has 1 amide bonds. The van der Waals surface area contributed by atoms with Gasteiger partial charge in [0.15, 0.2) is 0 Å². The van der Waals surface area contributed by atoms with E-state index in [1.54, 1.807) is 24.4 Å². The molecule has 7 nitrogen and oxygen atoms in total. The first kappa shape index (κ1) is 16.6. The fourth-order valence-electron chi connectivity index (χ4n) is 1.74. The Hall–Kier alpha value is -2.76. The number of nitriles is 1. The predicted molar refractivity (Wildman–Crippen MR) is 84.1 cm³/mol. The summed E-state index contributed by atoms with van der Waals surface area (Å²) in [7, 11) is -3.68. The number of anilines is 1. The Labute approximate surface area is 134 Å². The standard InChI is InChI=1S/C15H14N4O3S/c16-9-3-11-18-23(21,22)13-7-5-12(6-8-13)15(20)19-14-4-1-2-10-17-14/h1-2,4-8,10,18H,3,11H2,(H,17,19,20). The molecule has 0 saturated carbocycles. The van der Waals surface area contributed by atoms with Crippen molar-refractivity contribution >= 4 is 21.7 Å². The maximum atomic E-state index is 12.0. The van der Waals surface area contributed by atoms with Gasteiger partial charge >= 0.3 is 0 Å². The third kappa shape index (κ3) is 4.60. The number of rotatable bonds is 6. The molecule has 0 aliphatic heterocycles. The molecular formula is C15H14N4O3S. The van der Waals surface area contributed by atoms with Crippen LogP contribution < -0.4 is 10.0 Å². The highest BCUT2D eigenvalue weighted by Crippen LogP contribution is 2.12. The summed E-state index contributed by atoms with van der Waals surface area (Å²) in [4.78, 5) is 16.0. The molecule has 1 heterocycles. The number of nitrogens with zero attached hydrogens (tertiary/aromatic N) is 2. The van der Waals surface area contributed by atoms with Crippen LogP contribution in [0.4, 0.5) is 5.82 Å². The third-order valence-electron chi connectivity index (χ3n) is 2.86. The zero-order valence-electron chi connectivity index (χ0n) is 12.1. The lowest BCUT2D eigenvalue weighted by atomic mass is 10.2. The van der Waals surface area contributed by atoms with E-state index in [0.717, 1.165) is 0 Å². The number of amides is 1. The minimum atomic E-state index is -3.68. The molecule has 0 aliphatic rings. The van der Waals surface area contributed by atoms with E-state index in [9.17, 15) is 13.2 Å². The average Bonchev–Trinajstić information content (AvgIpc) is 2.56. The van der Waals surface area contributed by atoms with Gasteiger partial charge in [0.2, 0.25) is 10.0 Å². The van der Waals surface area contributed by atoms with Crippen molar-refractivity contribution < 1.29 is 13.2 Å². The molecule has 1 aromatic carbocycles. The van der Waals surface area contributed by atoms with Crippen molar-refractivity contribution in [3.05, 3.63) is 54.2 Å². The molecule has 0 fully saturated rings. The number of carbonyl (C=O) groups is 1. The van der Waals surface area contributed by atoms with Gasteiger partial charge in [-0.2, -0.15) is 5.26 Å². The van der Waals surface area contributed by atoms with Crippen LogP contribution in [0.2, 0.25) is 0 Å². The largest absolute Gasteiger partial charge is 0.307 e. The first-order valence-corrected chi connectivity index (χ1v) is 8.20. The van der Waals surface area contributed by atoms with Gasteiger partial charge in [-0.15, -0.1) is 0 Å². The Morgan fingerprint density at radius 2 is 1.91 bits per heavy atom. The second-order valence-electron chi connectivity index (χ2n) is 4.50. The number of nitrogens with one attached hydrogen (secondary N) is 2. The normalized spacial score (nSPS) is 10.7. The van der Waals surface area contributed by atoms with E-state index < -0.39 is 10.0 Å². The van der Waals surface area contributed by atoms with Crippen LogP contribution in [0.3, 0.4) is 0 Å². The number of pyridine rings is 1. The first-order chi connectivity index (χ1) is 11.0. The summed E-state index contributed by atoms with van der Waals surface area (Å²) >= 11 is 0. The van der Waals surface area contributed by atoms with Crippen molar-refractivity contribution in [3.63, 3.8) is 0 Å². The lowest BCUT2D eigenvalue weighted by molar-refractivity contribution is 0.102. The van der Waals surface area contributed by atoms with Crippen LogP contribution >= 0.6 is 0 Å². The Bertz CT molecular complexity index is 812. The van der Waals surface area contributed by atoms with Crippen molar-refractivity contribution in [2.45, 2.75) is 11.3 Å². The Kier molecular flexibility index (Phi) is 5.41. The summed E-state index contributed by atoms with van der Waals surface area (Å²) in [5.41, 5.74) is 0.312. The van der Waals surface area contributed by atoms with Gasteiger partial charge in [-0.1, -0.05) is 6.07 Å². The van der Waals surface area contributed by atoms with E-state index >= 15 is 0 Å². The number of hydrogen-bond acceptors (Lipinski definition) is 5. The van der Waals surface area contributed by atoms with Crippen molar-refractivity contribution in [1.82, 2.24) is 9.71 Å². The van der Waals surface area contributed by atoms with E-state index in [1.165, 1.54) is 24.3 Å². The maximum Gasteiger partial charge on any atom is 0.256 e. The predicted octanol–water partition coefficient (Wildman–Crippen LogP) is 1.53. The van der Waals surface area contributed by atoms with E-state index in [4.69, 9.17) is 5.26 Å². The lowest BCUT2D eigenvalue weighted by Gasteiger charge is -2.07. The van der Waals surface area contributed by atoms with Gasteiger partial charge < -0.3 is 5.32 Å². The van der Waals surface area contributed by atoms with Gasteiger partial charge in [0, 0.05) is 24.7 Å². The van der Waals surface area contributed by atoms with Crippen LogP contribution in [-0.2, 0) is 10.0 Å². The molecule has 0 radical (unpaired) electrons. The second kappa shape index (κ2) is 7.49. The van der Waals surface area contributed by atoms with E-state index in [1.807, 2.05) is 6.07 Å². The smallest absolute Gasteiger partial charge is 0.256 e. The highest BCUT2D eigenvalue weighted by Gasteiger charge is 2.14. The van der Waals surface area contributed by atoms with Crippen LogP contribution in [-0.4, -0.2) is 25.9 Å². The fourth-order valence-corrected chi connectivity index (χ4v) is 2.77. The summed E-state index contributed by atoms with van der Waals surface area (Å²) in [6.45, 7) is 0.0424. The molecule has 0 atom stereocenters. The second-order valence-corrected chi connectivity index (χ2v) is 6.27. The minimum absolute atomic E-state index is 0.0322. The van der Waals surface area contributed by atoms with Crippen molar-refractivity contribution in [2.75, 3.05) is 11.9 Å². The lowest BCUT2D eigenvalue weighted by Crippen LogP contribution is -2.24. The summed E-state index contributed by atoms with van der Waals surface area (Å²) in [5, 5.41) is 11.0. The molecule has 1 aromatic heterocycles. The molecule has 0 spiro atoms. The van der Waals surface area contributed by atoms with Crippen molar-refractivity contribution in [2.24, 2.45) is 0 Å². The molecule has 0 unspecified atom stereocenters. The molecule has 118 valence electrons.